The summed E-state index contributed by atoms with van der Waals surface area (Å²) >= 11 is 6.11. The lowest BCUT2D eigenvalue weighted by Gasteiger charge is -2.37. The van der Waals surface area contributed by atoms with E-state index in [0.717, 1.165) is 17.5 Å². The summed E-state index contributed by atoms with van der Waals surface area (Å²) in [6.07, 6.45) is 1.94. The summed E-state index contributed by atoms with van der Waals surface area (Å²) in [7, 11) is 0. The molecule has 0 saturated heterocycles. The molecule has 6 nitrogen and oxygen atoms in total. The van der Waals surface area contributed by atoms with Crippen LogP contribution in [0.1, 0.15) is 24.8 Å². The van der Waals surface area contributed by atoms with Gasteiger partial charge in [0.2, 0.25) is 0 Å². The van der Waals surface area contributed by atoms with Crippen LogP contribution in [0, 0.1) is 6.92 Å². The Hall–Kier alpha value is -1.95. The number of hydrogen-bond acceptors (Lipinski definition) is 4. The van der Waals surface area contributed by atoms with E-state index in [1.54, 1.807) is 6.07 Å². The maximum atomic E-state index is 11.6. The van der Waals surface area contributed by atoms with Crippen molar-refractivity contribution in [3.05, 3.63) is 28.8 Å². The van der Waals surface area contributed by atoms with Gasteiger partial charge in [0.05, 0.1) is 0 Å². The van der Waals surface area contributed by atoms with E-state index in [4.69, 9.17) is 11.6 Å². The van der Waals surface area contributed by atoms with Gasteiger partial charge in [-0.15, -0.1) is 5.10 Å². The molecule has 1 heterocycles. The third-order valence-electron chi connectivity index (χ3n) is 3.88. The molecule has 3 rings (SSSR count). The highest BCUT2D eigenvalue weighted by molar-refractivity contribution is 6.31. The molecule has 1 aromatic heterocycles. The molecule has 1 N–H and O–H groups in total. The summed E-state index contributed by atoms with van der Waals surface area (Å²) in [4.78, 5) is 11.6. The summed E-state index contributed by atoms with van der Waals surface area (Å²) in [5, 5.41) is 21.6. The summed E-state index contributed by atoms with van der Waals surface area (Å²) < 4.78 is 1.42. The van der Waals surface area contributed by atoms with Crippen molar-refractivity contribution in [1.29, 1.82) is 0 Å². The first-order valence-corrected chi connectivity index (χ1v) is 6.71. The predicted molar refractivity (Wildman–Crippen MR) is 72.5 cm³/mol. The SMILES string of the molecule is Cc1ccc(-c2nnnn2C2(C(=O)O)CCC2)cc1Cl. The number of halogens is 1. The second kappa shape index (κ2) is 4.56. The van der Waals surface area contributed by atoms with Gasteiger partial charge in [0.15, 0.2) is 11.4 Å². The minimum atomic E-state index is -1.02. The molecule has 2 aromatic rings. The van der Waals surface area contributed by atoms with Gasteiger partial charge in [-0.3, -0.25) is 0 Å². The third kappa shape index (κ3) is 1.79. The van der Waals surface area contributed by atoms with E-state index in [1.165, 1.54) is 4.68 Å². The van der Waals surface area contributed by atoms with Gasteiger partial charge in [-0.1, -0.05) is 23.7 Å². The van der Waals surface area contributed by atoms with Gasteiger partial charge >= 0.3 is 5.97 Å². The van der Waals surface area contributed by atoms with Gasteiger partial charge in [-0.05, 0) is 48.2 Å². The molecular formula is C13H13ClN4O2. The Balaban J connectivity index is 2.10. The molecule has 0 unspecified atom stereocenters. The lowest BCUT2D eigenvalue weighted by Crippen LogP contribution is -2.48. The van der Waals surface area contributed by atoms with Gasteiger partial charge in [-0.2, -0.15) is 0 Å². The third-order valence-corrected chi connectivity index (χ3v) is 4.29. The molecular weight excluding hydrogens is 280 g/mol. The van der Waals surface area contributed by atoms with Crippen molar-refractivity contribution >= 4 is 17.6 Å². The maximum Gasteiger partial charge on any atom is 0.331 e. The van der Waals surface area contributed by atoms with Crippen LogP contribution in [0.25, 0.3) is 11.4 Å². The van der Waals surface area contributed by atoms with Crippen molar-refractivity contribution in [2.24, 2.45) is 0 Å². The molecule has 20 heavy (non-hydrogen) atoms. The summed E-state index contributed by atoms with van der Waals surface area (Å²) in [6.45, 7) is 1.90. The average Bonchev–Trinajstić information content (AvgIpc) is 2.80. The highest BCUT2D eigenvalue weighted by Gasteiger charge is 2.49. The number of carboxylic acids is 1. The van der Waals surface area contributed by atoms with Gasteiger partial charge in [0.25, 0.3) is 0 Å². The number of nitrogens with zero attached hydrogens (tertiary/aromatic N) is 4. The zero-order valence-electron chi connectivity index (χ0n) is 10.9. The molecule has 0 amide bonds. The first-order valence-electron chi connectivity index (χ1n) is 6.33. The van der Waals surface area contributed by atoms with Crippen LogP contribution in [-0.2, 0) is 10.3 Å². The number of rotatable bonds is 3. The van der Waals surface area contributed by atoms with Gasteiger partial charge in [-0.25, -0.2) is 9.48 Å². The lowest BCUT2D eigenvalue weighted by molar-refractivity contribution is -0.153. The van der Waals surface area contributed by atoms with Crippen molar-refractivity contribution in [1.82, 2.24) is 20.2 Å². The smallest absolute Gasteiger partial charge is 0.331 e. The van der Waals surface area contributed by atoms with Crippen LogP contribution < -0.4 is 0 Å². The first kappa shape index (κ1) is 13.1. The van der Waals surface area contributed by atoms with Gasteiger partial charge in [0.1, 0.15) is 0 Å². The largest absolute Gasteiger partial charge is 0.479 e. The fourth-order valence-electron chi connectivity index (χ4n) is 2.42. The van der Waals surface area contributed by atoms with Crippen molar-refractivity contribution in [2.45, 2.75) is 31.7 Å². The molecule has 0 aliphatic heterocycles. The maximum absolute atomic E-state index is 11.6. The van der Waals surface area contributed by atoms with E-state index in [1.807, 2.05) is 19.1 Å². The second-order valence-electron chi connectivity index (χ2n) is 5.07. The molecule has 0 bridgehead atoms. The summed E-state index contributed by atoms with van der Waals surface area (Å²) in [5.41, 5.74) is 0.653. The van der Waals surface area contributed by atoms with Crippen LogP contribution in [0.15, 0.2) is 18.2 Å². The predicted octanol–water partition coefficient (Wildman–Crippen LogP) is 2.27. The monoisotopic (exact) mass is 292 g/mol. The number of tetrazole rings is 1. The van der Waals surface area contributed by atoms with Crippen LogP contribution in [0.4, 0.5) is 0 Å². The van der Waals surface area contributed by atoms with Crippen molar-refractivity contribution in [2.75, 3.05) is 0 Å². The number of aromatic nitrogens is 4. The summed E-state index contributed by atoms with van der Waals surface area (Å²) in [5.74, 6) is -0.454. The summed E-state index contributed by atoms with van der Waals surface area (Å²) in [6, 6.07) is 5.47. The van der Waals surface area contributed by atoms with Gasteiger partial charge in [0, 0.05) is 10.6 Å². The molecule has 104 valence electrons. The van der Waals surface area contributed by atoms with E-state index in [0.29, 0.717) is 23.7 Å². The van der Waals surface area contributed by atoms with Gasteiger partial charge < -0.3 is 5.11 Å². The van der Waals surface area contributed by atoms with Crippen LogP contribution in [0.3, 0.4) is 0 Å². The molecule has 0 spiro atoms. The number of carbonyl (C=O) groups is 1. The molecule has 0 atom stereocenters. The van der Waals surface area contributed by atoms with E-state index in [2.05, 4.69) is 15.5 Å². The Kier molecular flexibility index (Phi) is 2.97. The zero-order valence-corrected chi connectivity index (χ0v) is 11.6. The molecule has 1 aliphatic carbocycles. The molecule has 1 fully saturated rings. The zero-order chi connectivity index (χ0) is 14.3. The number of aliphatic carboxylic acids is 1. The van der Waals surface area contributed by atoms with E-state index >= 15 is 0 Å². The number of carboxylic acid groups (broad SMARTS) is 1. The highest BCUT2D eigenvalue weighted by atomic mass is 35.5. The van der Waals surface area contributed by atoms with Crippen molar-refractivity contribution in [3.8, 4) is 11.4 Å². The normalized spacial score (nSPS) is 16.7. The Labute approximate surface area is 120 Å². The quantitative estimate of drug-likeness (QED) is 0.938. The molecule has 1 saturated carbocycles. The fraction of sp³-hybridized carbons (Fsp3) is 0.385. The standard InChI is InChI=1S/C13H13ClN4O2/c1-8-3-4-9(7-10(8)14)11-15-16-17-18(11)13(12(19)20)5-2-6-13/h3-4,7H,2,5-6H2,1H3,(H,19,20). The minimum absolute atomic E-state index is 0.439. The van der Waals surface area contributed by atoms with Crippen molar-refractivity contribution < 1.29 is 9.90 Å². The number of benzene rings is 1. The number of aryl methyl sites for hydroxylation is 1. The molecule has 7 heteroatoms. The Morgan fingerprint density at radius 3 is 2.75 bits per heavy atom. The topological polar surface area (TPSA) is 80.9 Å². The lowest BCUT2D eigenvalue weighted by atomic mass is 9.76. The van der Waals surface area contributed by atoms with E-state index in [9.17, 15) is 9.90 Å². The second-order valence-corrected chi connectivity index (χ2v) is 5.48. The van der Waals surface area contributed by atoms with Crippen LogP contribution in [0.5, 0.6) is 0 Å². The van der Waals surface area contributed by atoms with E-state index in [-0.39, 0.29) is 0 Å². The van der Waals surface area contributed by atoms with E-state index < -0.39 is 11.5 Å². The Bertz CT molecular complexity index is 679. The molecule has 0 radical (unpaired) electrons. The van der Waals surface area contributed by atoms with Crippen LogP contribution >= 0.6 is 11.6 Å². The molecule has 1 aliphatic rings. The number of hydrogen-bond donors (Lipinski definition) is 1. The minimum Gasteiger partial charge on any atom is -0.479 e. The average molecular weight is 293 g/mol. The Morgan fingerprint density at radius 1 is 1.45 bits per heavy atom. The van der Waals surface area contributed by atoms with Crippen LogP contribution in [0.2, 0.25) is 5.02 Å². The Morgan fingerprint density at radius 2 is 2.20 bits per heavy atom. The van der Waals surface area contributed by atoms with Crippen molar-refractivity contribution in [3.63, 3.8) is 0 Å². The first-order chi connectivity index (χ1) is 9.54. The fourth-order valence-corrected chi connectivity index (χ4v) is 2.60. The highest BCUT2D eigenvalue weighted by Crippen LogP contribution is 2.41. The molecule has 1 aromatic carbocycles. The van der Waals surface area contributed by atoms with Crippen LogP contribution in [-0.4, -0.2) is 31.3 Å².